The Bertz CT molecular complexity index is 826. The molecule has 0 bridgehead atoms. The maximum Gasteiger partial charge on any atom is 0.270 e. The fraction of sp³-hybridized carbons (Fsp3) is 0.238. The lowest BCUT2D eigenvalue weighted by Crippen LogP contribution is -2.46. The average Bonchev–Trinajstić information content (AvgIpc) is 2.69. The van der Waals surface area contributed by atoms with Crippen LogP contribution >= 0.6 is 15.9 Å². The van der Waals surface area contributed by atoms with Crippen LogP contribution in [0, 0.1) is 0 Å². The van der Waals surface area contributed by atoms with Crippen molar-refractivity contribution in [3.05, 3.63) is 75.9 Å². The van der Waals surface area contributed by atoms with E-state index in [4.69, 9.17) is 0 Å². The molecular weight excluding hydrogens is 408 g/mol. The molecule has 0 aromatic heterocycles. The number of nitrogens with one attached hydrogen (secondary N) is 1. The number of carbonyl (C=O) groups is 2. The standard InChI is InChI=1S/C21H21BrN2O3/c22-18-8-6-17(7-9-18)21(27)10-12-24(13-11-21)20(26)19(23-15-25)14-16-4-2-1-3-5-16/h1-9,14-15,27H,10-13H2,(H,23,25). The monoisotopic (exact) mass is 428 g/mol. The van der Waals surface area contributed by atoms with Gasteiger partial charge >= 0.3 is 0 Å². The van der Waals surface area contributed by atoms with Gasteiger partial charge in [-0.1, -0.05) is 58.4 Å². The zero-order chi connectivity index (χ0) is 19.3. The number of piperidine rings is 1. The molecule has 0 unspecified atom stereocenters. The van der Waals surface area contributed by atoms with Gasteiger partial charge in [0.15, 0.2) is 0 Å². The quantitative estimate of drug-likeness (QED) is 0.567. The fourth-order valence-electron chi connectivity index (χ4n) is 3.24. The van der Waals surface area contributed by atoms with E-state index in [0.29, 0.717) is 32.3 Å². The Hall–Kier alpha value is -2.44. The Morgan fingerprint density at radius 1 is 1.07 bits per heavy atom. The lowest BCUT2D eigenvalue weighted by atomic mass is 9.84. The predicted octanol–water partition coefficient (Wildman–Crippen LogP) is 3.05. The number of nitrogens with zero attached hydrogens (tertiary/aromatic N) is 1. The van der Waals surface area contributed by atoms with Gasteiger partial charge in [0.1, 0.15) is 5.70 Å². The van der Waals surface area contributed by atoms with Crippen LogP contribution in [-0.2, 0) is 15.2 Å². The van der Waals surface area contributed by atoms with Crippen molar-refractivity contribution < 1.29 is 14.7 Å². The number of aliphatic hydroxyl groups is 1. The van der Waals surface area contributed by atoms with E-state index >= 15 is 0 Å². The Balaban J connectivity index is 1.72. The predicted molar refractivity (Wildman–Crippen MR) is 107 cm³/mol. The molecule has 2 N–H and O–H groups in total. The van der Waals surface area contributed by atoms with E-state index in [0.717, 1.165) is 15.6 Å². The number of likely N-dealkylation sites (tertiary alicyclic amines) is 1. The molecule has 0 atom stereocenters. The molecule has 2 amide bonds. The van der Waals surface area contributed by atoms with Crippen molar-refractivity contribution in [1.82, 2.24) is 10.2 Å². The molecule has 1 aliphatic rings. The van der Waals surface area contributed by atoms with Gasteiger partial charge in [-0.15, -0.1) is 0 Å². The van der Waals surface area contributed by atoms with E-state index < -0.39 is 5.60 Å². The number of carbonyl (C=O) groups excluding carboxylic acids is 2. The maximum atomic E-state index is 12.8. The topological polar surface area (TPSA) is 69.6 Å². The molecule has 140 valence electrons. The van der Waals surface area contributed by atoms with E-state index in [1.54, 1.807) is 11.0 Å². The van der Waals surface area contributed by atoms with Crippen LogP contribution in [0.4, 0.5) is 0 Å². The zero-order valence-corrected chi connectivity index (χ0v) is 16.4. The van der Waals surface area contributed by atoms with E-state index in [1.165, 1.54) is 0 Å². The molecule has 2 aromatic carbocycles. The molecule has 2 aromatic rings. The normalized spacial score (nSPS) is 16.7. The van der Waals surface area contributed by atoms with Gasteiger partial charge in [0.25, 0.3) is 5.91 Å². The molecule has 0 saturated carbocycles. The van der Waals surface area contributed by atoms with Crippen LogP contribution in [0.25, 0.3) is 6.08 Å². The zero-order valence-electron chi connectivity index (χ0n) is 14.8. The summed E-state index contributed by atoms with van der Waals surface area (Å²) in [5.74, 6) is -0.246. The minimum atomic E-state index is -0.946. The van der Waals surface area contributed by atoms with Crippen LogP contribution in [0.3, 0.4) is 0 Å². The van der Waals surface area contributed by atoms with Crippen molar-refractivity contribution in [3.8, 4) is 0 Å². The molecule has 0 aliphatic carbocycles. The Kier molecular flexibility index (Phi) is 6.08. The molecule has 1 fully saturated rings. The minimum Gasteiger partial charge on any atom is -0.385 e. The van der Waals surface area contributed by atoms with Crippen LogP contribution in [0.15, 0.2) is 64.8 Å². The third kappa shape index (κ3) is 4.64. The van der Waals surface area contributed by atoms with Crippen molar-refractivity contribution in [2.75, 3.05) is 13.1 Å². The summed E-state index contributed by atoms with van der Waals surface area (Å²) < 4.78 is 0.957. The van der Waals surface area contributed by atoms with Crippen LogP contribution in [0.2, 0.25) is 0 Å². The highest BCUT2D eigenvalue weighted by atomic mass is 79.9. The van der Waals surface area contributed by atoms with Gasteiger partial charge in [0.2, 0.25) is 6.41 Å². The molecular formula is C21H21BrN2O3. The van der Waals surface area contributed by atoms with Crippen molar-refractivity contribution >= 4 is 34.3 Å². The molecule has 6 heteroatoms. The molecule has 5 nitrogen and oxygen atoms in total. The van der Waals surface area contributed by atoms with E-state index in [1.807, 2.05) is 54.6 Å². The van der Waals surface area contributed by atoms with Crippen LogP contribution in [0.1, 0.15) is 24.0 Å². The summed E-state index contributed by atoms with van der Waals surface area (Å²) in [6, 6.07) is 17.0. The molecule has 0 radical (unpaired) electrons. The van der Waals surface area contributed by atoms with Gasteiger partial charge in [-0.3, -0.25) is 9.59 Å². The van der Waals surface area contributed by atoms with Crippen molar-refractivity contribution in [2.24, 2.45) is 0 Å². The number of amides is 2. The number of hydrogen-bond acceptors (Lipinski definition) is 3. The molecule has 0 spiro atoms. The maximum absolute atomic E-state index is 12.8. The third-order valence-electron chi connectivity index (χ3n) is 4.81. The molecule has 27 heavy (non-hydrogen) atoms. The van der Waals surface area contributed by atoms with Crippen LogP contribution in [0.5, 0.6) is 0 Å². The van der Waals surface area contributed by atoms with E-state index in [2.05, 4.69) is 21.2 Å². The second-order valence-electron chi connectivity index (χ2n) is 6.56. The van der Waals surface area contributed by atoms with Crippen molar-refractivity contribution in [3.63, 3.8) is 0 Å². The smallest absolute Gasteiger partial charge is 0.270 e. The largest absolute Gasteiger partial charge is 0.385 e. The highest BCUT2D eigenvalue weighted by Crippen LogP contribution is 2.33. The highest BCUT2D eigenvalue weighted by Gasteiger charge is 2.36. The first kappa shape index (κ1) is 19.3. The lowest BCUT2D eigenvalue weighted by molar-refractivity contribution is -0.132. The van der Waals surface area contributed by atoms with Crippen molar-refractivity contribution in [1.29, 1.82) is 0 Å². The second kappa shape index (κ2) is 8.50. The summed E-state index contributed by atoms with van der Waals surface area (Å²) in [5.41, 5.74) is 0.964. The summed E-state index contributed by atoms with van der Waals surface area (Å²) in [5, 5.41) is 13.5. The average molecular weight is 429 g/mol. The number of benzene rings is 2. The molecule has 3 rings (SSSR count). The first-order valence-corrected chi connectivity index (χ1v) is 9.56. The summed E-state index contributed by atoms with van der Waals surface area (Å²) in [4.78, 5) is 25.4. The minimum absolute atomic E-state index is 0.227. The van der Waals surface area contributed by atoms with Crippen LogP contribution in [-0.4, -0.2) is 35.4 Å². The fourth-order valence-corrected chi connectivity index (χ4v) is 3.51. The second-order valence-corrected chi connectivity index (χ2v) is 7.48. The molecule has 1 aliphatic heterocycles. The van der Waals surface area contributed by atoms with E-state index in [-0.39, 0.29) is 11.6 Å². The summed E-state index contributed by atoms with van der Waals surface area (Å²) in [7, 11) is 0. The Morgan fingerprint density at radius 2 is 1.70 bits per heavy atom. The first-order valence-electron chi connectivity index (χ1n) is 8.76. The SMILES string of the molecule is O=CNC(=Cc1ccccc1)C(=O)N1CCC(O)(c2ccc(Br)cc2)CC1. The third-order valence-corrected chi connectivity index (χ3v) is 5.34. The van der Waals surface area contributed by atoms with Gasteiger partial charge < -0.3 is 15.3 Å². The summed E-state index contributed by atoms with van der Waals surface area (Å²) in [6.45, 7) is 0.829. The summed E-state index contributed by atoms with van der Waals surface area (Å²) in [6.07, 6.45) is 3.06. The number of rotatable bonds is 5. The van der Waals surface area contributed by atoms with Gasteiger partial charge in [0.05, 0.1) is 5.60 Å². The Labute approximate surface area is 166 Å². The van der Waals surface area contributed by atoms with Crippen LogP contribution < -0.4 is 5.32 Å². The Morgan fingerprint density at radius 3 is 2.30 bits per heavy atom. The van der Waals surface area contributed by atoms with Gasteiger partial charge in [-0.25, -0.2) is 0 Å². The van der Waals surface area contributed by atoms with Gasteiger partial charge in [-0.05, 0) is 42.2 Å². The molecule has 1 heterocycles. The lowest BCUT2D eigenvalue weighted by Gasteiger charge is -2.38. The molecule has 1 saturated heterocycles. The highest BCUT2D eigenvalue weighted by molar-refractivity contribution is 9.10. The van der Waals surface area contributed by atoms with Gasteiger partial charge in [-0.2, -0.15) is 0 Å². The van der Waals surface area contributed by atoms with Crippen molar-refractivity contribution in [2.45, 2.75) is 18.4 Å². The van der Waals surface area contributed by atoms with Gasteiger partial charge in [0, 0.05) is 17.6 Å². The number of hydrogen-bond donors (Lipinski definition) is 2. The first-order chi connectivity index (χ1) is 13.0. The summed E-state index contributed by atoms with van der Waals surface area (Å²) >= 11 is 3.40. The van der Waals surface area contributed by atoms with E-state index in [9.17, 15) is 14.7 Å². The number of halogens is 1.